The molecule has 2 aromatic heterocycles. The molecule has 0 spiro atoms. The molecule has 0 saturated carbocycles. The van der Waals surface area contributed by atoms with Crippen LogP contribution in [-0.2, 0) is 0 Å². The summed E-state index contributed by atoms with van der Waals surface area (Å²) in [4.78, 5) is 4.45. The van der Waals surface area contributed by atoms with Gasteiger partial charge in [-0.1, -0.05) is 47.5 Å². The van der Waals surface area contributed by atoms with Gasteiger partial charge in [-0.2, -0.15) is 9.64 Å². The van der Waals surface area contributed by atoms with Crippen LogP contribution in [0.4, 0.5) is 5.00 Å². The Morgan fingerprint density at radius 2 is 2.13 bits per heavy atom. The maximum absolute atomic E-state index is 9.26. The van der Waals surface area contributed by atoms with E-state index in [9.17, 15) is 5.26 Å². The lowest BCUT2D eigenvalue weighted by Crippen LogP contribution is -2.13. The minimum absolute atomic E-state index is 0.181. The Morgan fingerprint density at radius 1 is 1.26 bits per heavy atom. The highest BCUT2D eigenvalue weighted by Crippen LogP contribution is 2.33. The van der Waals surface area contributed by atoms with Crippen molar-refractivity contribution in [3.63, 3.8) is 0 Å². The van der Waals surface area contributed by atoms with Gasteiger partial charge in [-0.25, -0.2) is 0 Å². The molecule has 0 radical (unpaired) electrons. The van der Waals surface area contributed by atoms with Crippen LogP contribution >= 0.6 is 23.1 Å². The zero-order valence-corrected chi connectivity index (χ0v) is 13.9. The predicted molar refractivity (Wildman–Crippen MR) is 92.7 cm³/mol. The van der Waals surface area contributed by atoms with Gasteiger partial charge in [-0.05, 0) is 36.2 Å². The molecule has 0 bridgehead atoms. The number of rotatable bonds is 4. The second-order valence-corrected chi connectivity index (χ2v) is 6.17. The van der Waals surface area contributed by atoms with Gasteiger partial charge in [-0.3, -0.25) is 4.98 Å². The van der Waals surface area contributed by atoms with Gasteiger partial charge < -0.3 is 5.32 Å². The number of nitrogens with one attached hydrogen (secondary N) is 1. The minimum Gasteiger partial charge on any atom is -0.362 e. The molecule has 114 valence electrons. The Hall–Kier alpha value is -2.42. The van der Waals surface area contributed by atoms with Crippen LogP contribution in [0.3, 0.4) is 0 Å². The highest BCUT2D eigenvalue weighted by atomic mass is 35.5. The van der Waals surface area contributed by atoms with E-state index < -0.39 is 0 Å². The third kappa shape index (κ3) is 3.34. The molecular formula is C17H13ClN4S. The molecule has 0 aliphatic rings. The molecule has 6 heteroatoms. The maximum atomic E-state index is 9.26. The fourth-order valence-corrected chi connectivity index (χ4v) is 3.28. The average molecular weight is 341 g/mol. The summed E-state index contributed by atoms with van der Waals surface area (Å²) in [5, 5.41) is 13.5. The van der Waals surface area contributed by atoms with Crippen molar-refractivity contribution in [1.29, 1.82) is 5.26 Å². The third-order valence-corrected chi connectivity index (χ3v) is 4.55. The SMILES string of the molecule is Cc1cccc(C(Nc2snc(Cl)c2C#N)c2ccccn2)c1. The van der Waals surface area contributed by atoms with Crippen molar-refractivity contribution in [3.8, 4) is 6.07 Å². The highest BCUT2D eigenvalue weighted by Gasteiger charge is 2.20. The van der Waals surface area contributed by atoms with Gasteiger partial charge in [-0.15, -0.1) is 0 Å². The van der Waals surface area contributed by atoms with Crippen LogP contribution in [0.1, 0.15) is 28.4 Å². The molecule has 1 aromatic carbocycles. The fraction of sp³-hybridized carbons (Fsp3) is 0.118. The van der Waals surface area contributed by atoms with E-state index in [1.54, 1.807) is 6.20 Å². The fourth-order valence-electron chi connectivity index (χ4n) is 2.32. The van der Waals surface area contributed by atoms with E-state index in [-0.39, 0.29) is 11.2 Å². The number of aryl methyl sites for hydroxylation is 1. The van der Waals surface area contributed by atoms with Crippen molar-refractivity contribution in [2.75, 3.05) is 5.32 Å². The van der Waals surface area contributed by atoms with Crippen molar-refractivity contribution < 1.29 is 0 Å². The number of pyridine rings is 1. The number of aromatic nitrogens is 2. The van der Waals surface area contributed by atoms with E-state index in [2.05, 4.69) is 26.8 Å². The van der Waals surface area contributed by atoms with Gasteiger partial charge in [0.25, 0.3) is 0 Å². The van der Waals surface area contributed by atoms with Crippen molar-refractivity contribution >= 4 is 28.1 Å². The molecule has 0 saturated heterocycles. The van der Waals surface area contributed by atoms with Gasteiger partial charge in [0.2, 0.25) is 0 Å². The highest BCUT2D eigenvalue weighted by molar-refractivity contribution is 7.10. The number of halogens is 1. The van der Waals surface area contributed by atoms with Crippen molar-refractivity contribution in [2.24, 2.45) is 0 Å². The van der Waals surface area contributed by atoms with Gasteiger partial charge in [0.15, 0.2) is 5.15 Å². The van der Waals surface area contributed by atoms with Gasteiger partial charge in [0.05, 0.1) is 11.7 Å². The number of anilines is 1. The molecule has 4 nitrogen and oxygen atoms in total. The van der Waals surface area contributed by atoms with E-state index >= 15 is 0 Å². The quantitative estimate of drug-likeness (QED) is 0.755. The molecule has 3 rings (SSSR count). The maximum Gasteiger partial charge on any atom is 0.162 e. The van der Waals surface area contributed by atoms with Crippen LogP contribution < -0.4 is 5.32 Å². The second kappa shape index (κ2) is 6.78. The summed E-state index contributed by atoms with van der Waals surface area (Å²) in [5.74, 6) is 0. The summed E-state index contributed by atoms with van der Waals surface area (Å²) in [7, 11) is 0. The summed E-state index contributed by atoms with van der Waals surface area (Å²) in [6, 6.07) is 15.9. The first-order valence-corrected chi connectivity index (χ1v) is 8.13. The Kier molecular flexibility index (Phi) is 4.56. The van der Waals surface area contributed by atoms with Gasteiger partial charge in [0, 0.05) is 6.20 Å². The number of hydrogen-bond acceptors (Lipinski definition) is 5. The summed E-state index contributed by atoms with van der Waals surface area (Å²) in [5.41, 5.74) is 3.46. The van der Waals surface area contributed by atoms with Crippen molar-refractivity contribution in [3.05, 3.63) is 76.2 Å². The number of benzene rings is 1. The molecule has 23 heavy (non-hydrogen) atoms. The first-order chi connectivity index (χ1) is 11.2. The molecular weight excluding hydrogens is 328 g/mol. The second-order valence-electron chi connectivity index (χ2n) is 5.04. The van der Waals surface area contributed by atoms with Crippen LogP contribution in [-0.4, -0.2) is 9.36 Å². The van der Waals surface area contributed by atoms with E-state index in [1.807, 2.05) is 43.3 Å². The minimum atomic E-state index is -0.181. The predicted octanol–water partition coefficient (Wildman–Crippen LogP) is 4.57. The summed E-state index contributed by atoms with van der Waals surface area (Å²) in [6.45, 7) is 2.04. The number of nitrogens with zero attached hydrogens (tertiary/aromatic N) is 3. The monoisotopic (exact) mass is 340 g/mol. The van der Waals surface area contributed by atoms with Gasteiger partial charge in [0.1, 0.15) is 16.6 Å². The Balaban J connectivity index is 2.04. The Bertz CT molecular complexity index is 855. The van der Waals surface area contributed by atoms with Crippen LogP contribution in [0.2, 0.25) is 5.15 Å². The summed E-state index contributed by atoms with van der Waals surface area (Å²) < 4.78 is 4.05. The number of nitriles is 1. The smallest absolute Gasteiger partial charge is 0.162 e. The number of hydrogen-bond donors (Lipinski definition) is 1. The standard InChI is InChI=1S/C17H13ClN4S/c1-11-5-4-6-12(9-11)15(14-7-2-3-8-20-14)21-17-13(10-19)16(18)22-23-17/h2-9,15,21H,1H3. The molecule has 1 N–H and O–H groups in total. The Morgan fingerprint density at radius 3 is 2.83 bits per heavy atom. The molecule has 2 heterocycles. The molecule has 0 aliphatic heterocycles. The molecule has 1 unspecified atom stereocenters. The largest absolute Gasteiger partial charge is 0.362 e. The molecule has 0 aliphatic carbocycles. The van der Waals surface area contributed by atoms with Crippen LogP contribution in [0.15, 0.2) is 48.7 Å². The zero-order chi connectivity index (χ0) is 16.2. The summed E-state index contributed by atoms with van der Waals surface area (Å²) >= 11 is 7.15. The normalized spacial score (nSPS) is 11.7. The third-order valence-electron chi connectivity index (χ3n) is 3.40. The van der Waals surface area contributed by atoms with Crippen LogP contribution in [0, 0.1) is 18.3 Å². The van der Waals surface area contributed by atoms with Crippen molar-refractivity contribution in [2.45, 2.75) is 13.0 Å². The molecule has 1 atom stereocenters. The van der Waals surface area contributed by atoms with E-state index in [0.29, 0.717) is 10.6 Å². The molecule has 0 amide bonds. The summed E-state index contributed by atoms with van der Waals surface area (Å²) in [6.07, 6.45) is 1.75. The van der Waals surface area contributed by atoms with Crippen LogP contribution in [0.5, 0.6) is 0 Å². The van der Waals surface area contributed by atoms with E-state index in [4.69, 9.17) is 11.6 Å². The molecule has 0 fully saturated rings. The lowest BCUT2D eigenvalue weighted by atomic mass is 10.0. The van der Waals surface area contributed by atoms with Gasteiger partial charge >= 0.3 is 0 Å². The van der Waals surface area contributed by atoms with E-state index in [1.165, 1.54) is 11.5 Å². The Labute approximate surface area is 143 Å². The first kappa shape index (κ1) is 15.5. The average Bonchev–Trinajstić information content (AvgIpc) is 2.93. The van der Waals surface area contributed by atoms with E-state index in [0.717, 1.165) is 16.8 Å². The van der Waals surface area contributed by atoms with Crippen molar-refractivity contribution in [1.82, 2.24) is 9.36 Å². The first-order valence-electron chi connectivity index (χ1n) is 6.98. The topological polar surface area (TPSA) is 61.6 Å². The molecule has 3 aromatic rings. The lowest BCUT2D eigenvalue weighted by Gasteiger charge is -2.19. The zero-order valence-electron chi connectivity index (χ0n) is 12.3. The van der Waals surface area contributed by atoms with Crippen LogP contribution in [0.25, 0.3) is 0 Å². The lowest BCUT2D eigenvalue weighted by molar-refractivity contribution is 0.889.